The van der Waals surface area contributed by atoms with Crippen LogP contribution in [0.2, 0.25) is 0 Å². The quantitative estimate of drug-likeness (QED) is 0.732. The normalized spacial score (nSPS) is 10.7. The highest BCUT2D eigenvalue weighted by Gasteiger charge is 2.14. The summed E-state index contributed by atoms with van der Waals surface area (Å²) >= 11 is 0. The van der Waals surface area contributed by atoms with E-state index in [0.717, 1.165) is 5.75 Å². The monoisotopic (exact) mass is 289 g/mol. The first kappa shape index (κ1) is 15.0. The van der Waals surface area contributed by atoms with Crippen molar-refractivity contribution in [2.75, 3.05) is 7.11 Å². The second-order valence-electron chi connectivity index (χ2n) is 5.08. The van der Waals surface area contributed by atoms with Gasteiger partial charge in [-0.25, -0.2) is 4.68 Å². The number of carbonyl (C=O) groups is 1. The molecular weight excluding hydrogens is 270 g/mol. The Morgan fingerprint density at radius 3 is 2.76 bits per heavy atom. The van der Waals surface area contributed by atoms with Crippen LogP contribution in [0.15, 0.2) is 24.3 Å². The predicted octanol–water partition coefficient (Wildman–Crippen LogP) is 2.33. The van der Waals surface area contributed by atoms with Crippen molar-refractivity contribution in [1.29, 1.82) is 0 Å². The zero-order valence-electron chi connectivity index (χ0n) is 12.4. The van der Waals surface area contributed by atoms with E-state index in [9.17, 15) is 4.79 Å². The third kappa shape index (κ3) is 3.81. The molecule has 6 nitrogen and oxygen atoms in total. The van der Waals surface area contributed by atoms with Gasteiger partial charge in [-0.05, 0) is 18.1 Å². The largest absolute Gasteiger partial charge is 0.497 e. The number of methoxy groups -OCH3 is 1. The van der Waals surface area contributed by atoms with Crippen LogP contribution < -0.4 is 9.47 Å². The summed E-state index contributed by atoms with van der Waals surface area (Å²) in [5, 5.41) is 7.88. The van der Waals surface area contributed by atoms with E-state index in [1.807, 2.05) is 18.2 Å². The summed E-state index contributed by atoms with van der Waals surface area (Å²) in [5.41, 5.74) is 1.00. The van der Waals surface area contributed by atoms with Gasteiger partial charge in [-0.1, -0.05) is 25.1 Å². The van der Waals surface area contributed by atoms with E-state index in [1.165, 1.54) is 0 Å². The maximum Gasteiger partial charge on any atom is 0.172 e. The Morgan fingerprint density at radius 2 is 2.10 bits per heavy atom. The Kier molecular flexibility index (Phi) is 4.92. The lowest BCUT2D eigenvalue weighted by atomic mass is 10.2. The molecule has 0 radical (unpaired) electrons. The molecule has 112 valence electrons. The van der Waals surface area contributed by atoms with Crippen molar-refractivity contribution in [2.24, 2.45) is 5.92 Å². The highest BCUT2D eigenvalue weighted by Crippen LogP contribution is 2.20. The Morgan fingerprint density at radius 1 is 1.33 bits per heavy atom. The third-order valence-corrected chi connectivity index (χ3v) is 2.93. The molecule has 0 aliphatic heterocycles. The summed E-state index contributed by atoms with van der Waals surface area (Å²) in [6.45, 7) is 5.09. The fraction of sp³-hybridized carbons (Fsp3) is 0.400. The Balaban J connectivity index is 2.14. The molecule has 1 heterocycles. The summed E-state index contributed by atoms with van der Waals surface area (Å²) in [4.78, 5) is 11.0. The SMILES string of the molecule is COc1cccc(OCc2c(C=O)nnn2CC(C)C)c1. The van der Waals surface area contributed by atoms with Crippen LogP contribution in [0, 0.1) is 5.92 Å². The van der Waals surface area contributed by atoms with Crippen molar-refractivity contribution in [1.82, 2.24) is 15.0 Å². The van der Waals surface area contributed by atoms with Gasteiger partial charge in [-0.2, -0.15) is 0 Å². The van der Waals surface area contributed by atoms with Crippen molar-refractivity contribution in [2.45, 2.75) is 27.0 Å². The maximum absolute atomic E-state index is 11.0. The van der Waals surface area contributed by atoms with Crippen molar-refractivity contribution in [3.8, 4) is 11.5 Å². The molecule has 0 saturated heterocycles. The topological polar surface area (TPSA) is 66.2 Å². The van der Waals surface area contributed by atoms with Gasteiger partial charge in [0.1, 0.15) is 23.8 Å². The second-order valence-corrected chi connectivity index (χ2v) is 5.08. The van der Waals surface area contributed by atoms with Gasteiger partial charge in [0.05, 0.1) is 7.11 Å². The highest BCUT2D eigenvalue weighted by atomic mass is 16.5. The molecular formula is C15H19N3O3. The molecule has 0 unspecified atom stereocenters. The van der Waals surface area contributed by atoms with Crippen molar-refractivity contribution in [3.63, 3.8) is 0 Å². The number of hydrogen-bond acceptors (Lipinski definition) is 5. The molecule has 6 heteroatoms. The van der Waals surface area contributed by atoms with Gasteiger partial charge in [-0.3, -0.25) is 4.79 Å². The molecule has 1 aromatic heterocycles. The molecule has 21 heavy (non-hydrogen) atoms. The molecule has 0 aliphatic rings. The van der Waals surface area contributed by atoms with Gasteiger partial charge in [0, 0.05) is 12.6 Å². The van der Waals surface area contributed by atoms with Crippen LogP contribution in [0.4, 0.5) is 0 Å². The molecule has 0 atom stereocenters. The smallest absolute Gasteiger partial charge is 0.172 e. The van der Waals surface area contributed by atoms with E-state index in [0.29, 0.717) is 35.9 Å². The van der Waals surface area contributed by atoms with E-state index in [4.69, 9.17) is 9.47 Å². The molecule has 0 N–H and O–H groups in total. The first-order chi connectivity index (χ1) is 10.1. The molecule has 2 aromatic rings. The lowest BCUT2D eigenvalue weighted by molar-refractivity contribution is 0.111. The Bertz CT molecular complexity index is 608. The van der Waals surface area contributed by atoms with Crippen LogP contribution in [0.3, 0.4) is 0 Å². The van der Waals surface area contributed by atoms with E-state index in [-0.39, 0.29) is 6.61 Å². The highest BCUT2D eigenvalue weighted by molar-refractivity contribution is 5.73. The molecule has 0 aliphatic carbocycles. The molecule has 2 rings (SSSR count). The number of hydrogen-bond donors (Lipinski definition) is 0. The number of aldehydes is 1. The van der Waals surface area contributed by atoms with Gasteiger partial charge < -0.3 is 9.47 Å². The summed E-state index contributed by atoms with van der Waals surface area (Å²) in [7, 11) is 1.60. The molecule has 1 aromatic carbocycles. The number of carbonyl (C=O) groups excluding carboxylic acids is 1. The number of benzene rings is 1. The first-order valence-electron chi connectivity index (χ1n) is 6.78. The van der Waals surface area contributed by atoms with Gasteiger partial charge in [-0.15, -0.1) is 5.10 Å². The molecule has 0 spiro atoms. The van der Waals surface area contributed by atoms with Crippen LogP contribution in [0.25, 0.3) is 0 Å². The Labute approximate surface area is 123 Å². The summed E-state index contributed by atoms with van der Waals surface area (Å²) in [6, 6.07) is 7.31. The van der Waals surface area contributed by atoms with Gasteiger partial charge in [0.2, 0.25) is 0 Å². The minimum absolute atomic E-state index is 0.237. The van der Waals surface area contributed by atoms with E-state index >= 15 is 0 Å². The number of ether oxygens (including phenoxy) is 2. The fourth-order valence-electron chi connectivity index (χ4n) is 1.92. The number of aromatic nitrogens is 3. The van der Waals surface area contributed by atoms with Crippen molar-refractivity contribution >= 4 is 6.29 Å². The Hall–Kier alpha value is -2.37. The molecule has 0 amide bonds. The number of rotatable bonds is 7. The van der Waals surface area contributed by atoms with Crippen LogP contribution in [0.5, 0.6) is 11.5 Å². The van der Waals surface area contributed by atoms with Gasteiger partial charge in [0.25, 0.3) is 0 Å². The fourth-order valence-corrected chi connectivity index (χ4v) is 1.92. The maximum atomic E-state index is 11.0. The zero-order valence-corrected chi connectivity index (χ0v) is 12.4. The summed E-state index contributed by atoms with van der Waals surface area (Å²) in [6.07, 6.45) is 0.702. The summed E-state index contributed by atoms with van der Waals surface area (Å²) in [5.74, 6) is 1.79. The van der Waals surface area contributed by atoms with Crippen LogP contribution >= 0.6 is 0 Å². The molecule has 0 saturated carbocycles. The molecule has 0 fully saturated rings. The minimum Gasteiger partial charge on any atom is -0.497 e. The van der Waals surface area contributed by atoms with E-state index < -0.39 is 0 Å². The first-order valence-corrected chi connectivity index (χ1v) is 6.78. The van der Waals surface area contributed by atoms with Gasteiger partial charge >= 0.3 is 0 Å². The lowest BCUT2D eigenvalue weighted by Gasteiger charge is -2.11. The average molecular weight is 289 g/mol. The van der Waals surface area contributed by atoms with Crippen LogP contribution in [-0.2, 0) is 13.2 Å². The zero-order chi connectivity index (χ0) is 15.2. The predicted molar refractivity (Wildman–Crippen MR) is 77.6 cm³/mol. The van der Waals surface area contributed by atoms with Crippen molar-refractivity contribution < 1.29 is 14.3 Å². The summed E-state index contributed by atoms with van der Waals surface area (Å²) < 4.78 is 12.6. The third-order valence-electron chi connectivity index (χ3n) is 2.93. The minimum atomic E-state index is 0.237. The molecule has 0 bridgehead atoms. The standard InChI is InChI=1S/C15H19N3O3/c1-11(2)8-18-15(14(9-19)16-17-18)10-21-13-6-4-5-12(7-13)20-3/h4-7,9,11H,8,10H2,1-3H3. The average Bonchev–Trinajstić information content (AvgIpc) is 2.86. The second kappa shape index (κ2) is 6.88. The number of nitrogens with zero attached hydrogens (tertiary/aromatic N) is 3. The van der Waals surface area contributed by atoms with Gasteiger partial charge in [0.15, 0.2) is 12.0 Å². The van der Waals surface area contributed by atoms with Crippen LogP contribution in [0.1, 0.15) is 30.0 Å². The van der Waals surface area contributed by atoms with Crippen LogP contribution in [-0.4, -0.2) is 28.4 Å². The lowest BCUT2D eigenvalue weighted by Crippen LogP contribution is -2.12. The van der Waals surface area contributed by atoms with Crippen molar-refractivity contribution in [3.05, 3.63) is 35.7 Å². The van der Waals surface area contributed by atoms with E-state index in [2.05, 4.69) is 24.2 Å². The van der Waals surface area contributed by atoms with E-state index in [1.54, 1.807) is 17.9 Å².